The van der Waals surface area contributed by atoms with Gasteiger partial charge in [0.25, 0.3) is 0 Å². The third-order valence-corrected chi connectivity index (χ3v) is 3.25. The van der Waals surface area contributed by atoms with Gasteiger partial charge in [0.15, 0.2) is 0 Å². The summed E-state index contributed by atoms with van der Waals surface area (Å²) in [6.07, 6.45) is 3.75. The second-order valence-electron chi connectivity index (χ2n) is 3.14. The van der Waals surface area contributed by atoms with Gasteiger partial charge < -0.3 is 5.73 Å². The molecule has 0 unspecified atom stereocenters. The van der Waals surface area contributed by atoms with Crippen LogP contribution in [0.25, 0.3) is 0 Å². The van der Waals surface area contributed by atoms with Crippen LogP contribution in [0.4, 0.5) is 0 Å². The Morgan fingerprint density at radius 1 is 1.47 bits per heavy atom. The highest BCUT2D eigenvalue weighted by Gasteiger charge is 2.08. The van der Waals surface area contributed by atoms with Crippen molar-refractivity contribution in [2.45, 2.75) is 13.0 Å². The molecule has 3 N–H and O–H groups in total. The van der Waals surface area contributed by atoms with Crippen molar-refractivity contribution in [3.05, 3.63) is 30.1 Å². The van der Waals surface area contributed by atoms with E-state index < -0.39 is 10.0 Å². The predicted molar refractivity (Wildman–Crippen MR) is 58.5 cm³/mol. The molecule has 6 heteroatoms. The van der Waals surface area contributed by atoms with Gasteiger partial charge in [-0.1, -0.05) is 6.07 Å². The molecule has 0 saturated heterocycles. The van der Waals surface area contributed by atoms with E-state index in [2.05, 4.69) is 9.71 Å². The van der Waals surface area contributed by atoms with E-state index in [1.807, 2.05) is 6.07 Å². The third-order valence-electron chi connectivity index (χ3n) is 1.84. The minimum Gasteiger partial charge on any atom is -0.330 e. The van der Waals surface area contributed by atoms with Crippen LogP contribution in [-0.4, -0.2) is 25.7 Å². The smallest absolute Gasteiger partial charge is 0.211 e. The Bertz CT molecular complexity index is 378. The zero-order valence-electron chi connectivity index (χ0n) is 8.39. The average molecular weight is 229 g/mol. The Morgan fingerprint density at radius 3 is 2.87 bits per heavy atom. The van der Waals surface area contributed by atoms with Crippen molar-refractivity contribution in [2.75, 3.05) is 12.3 Å². The lowest BCUT2D eigenvalue weighted by Crippen LogP contribution is -2.27. The highest BCUT2D eigenvalue weighted by Crippen LogP contribution is 1.97. The predicted octanol–water partition coefficient (Wildman–Crippen LogP) is -0.150. The summed E-state index contributed by atoms with van der Waals surface area (Å²) in [5.41, 5.74) is 6.08. The molecule has 0 aliphatic rings. The fourth-order valence-electron chi connectivity index (χ4n) is 1.04. The molecule has 15 heavy (non-hydrogen) atoms. The largest absolute Gasteiger partial charge is 0.330 e. The van der Waals surface area contributed by atoms with Crippen molar-refractivity contribution < 1.29 is 8.42 Å². The van der Waals surface area contributed by atoms with Gasteiger partial charge in [-0.2, -0.15) is 0 Å². The topological polar surface area (TPSA) is 85.1 Å². The Balaban J connectivity index is 2.43. The highest BCUT2D eigenvalue weighted by molar-refractivity contribution is 7.89. The van der Waals surface area contributed by atoms with E-state index in [-0.39, 0.29) is 12.3 Å². The van der Waals surface area contributed by atoms with Gasteiger partial charge in [-0.3, -0.25) is 4.98 Å². The van der Waals surface area contributed by atoms with Crippen LogP contribution in [0.2, 0.25) is 0 Å². The van der Waals surface area contributed by atoms with Gasteiger partial charge in [-0.25, -0.2) is 13.1 Å². The molecule has 0 fully saturated rings. The molecule has 1 heterocycles. The summed E-state index contributed by atoms with van der Waals surface area (Å²) >= 11 is 0. The number of hydrogen-bond acceptors (Lipinski definition) is 4. The SMILES string of the molecule is NCCCS(=O)(=O)NCc1cccnc1. The van der Waals surface area contributed by atoms with Crippen LogP contribution in [0.3, 0.4) is 0 Å². The van der Waals surface area contributed by atoms with E-state index in [9.17, 15) is 8.42 Å². The van der Waals surface area contributed by atoms with Crippen LogP contribution < -0.4 is 10.5 Å². The molecule has 0 saturated carbocycles. The molecular weight excluding hydrogens is 214 g/mol. The Kier molecular flexibility index (Phi) is 4.67. The van der Waals surface area contributed by atoms with E-state index in [0.29, 0.717) is 13.0 Å². The van der Waals surface area contributed by atoms with Crippen molar-refractivity contribution in [3.63, 3.8) is 0 Å². The summed E-state index contributed by atoms with van der Waals surface area (Å²) in [4.78, 5) is 3.89. The lowest BCUT2D eigenvalue weighted by Gasteiger charge is -2.05. The van der Waals surface area contributed by atoms with Gasteiger partial charge in [-0.05, 0) is 24.6 Å². The van der Waals surface area contributed by atoms with Crippen molar-refractivity contribution in [1.29, 1.82) is 0 Å². The van der Waals surface area contributed by atoms with E-state index in [0.717, 1.165) is 5.56 Å². The quantitative estimate of drug-likeness (QED) is 0.710. The van der Waals surface area contributed by atoms with Crippen LogP contribution in [0.1, 0.15) is 12.0 Å². The summed E-state index contributed by atoms with van der Waals surface area (Å²) in [5, 5.41) is 0. The first kappa shape index (κ1) is 12.1. The zero-order valence-corrected chi connectivity index (χ0v) is 9.20. The van der Waals surface area contributed by atoms with Crippen molar-refractivity contribution in [3.8, 4) is 0 Å². The number of nitrogens with one attached hydrogen (secondary N) is 1. The molecule has 0 amide bonds. The summed E-state index contributed by atoms with van der Waals surface area (Å²) in [6, 6.07) is 3.59. The molecule has 1 rings (SSSR count). The minimum absolute atomic E-state index is 0.0732. The van der Waals surface area contributed by atoms with Crippen LogP contribution >= 0.6 is 0 Å². The van der Waals surface area contributed by atoms with Crippen molar-refractivity contribution in [2.24, 2.45) is 5.73 Å². The molecule has 0 atom stereocenters. The fraction of sp³-hybridized carbons (Fsp3) is 0.444. The molecule has 1 aromatic heterocycles. The van der Waals surface area contributed by atoms with E-state index >= 15 is 0 Å². The molecule has 0 spiro atoms. The van der Waals surface area contributed by atoms with E-state index in [1.165, 1.54) is 0 Å². The van der Waals surface area contributed by atoms with Gasteiger partial charge in [0, 0.05) is 18.9 Å². The van der Waals surface area contributed by atoms with Crippen LogP contribution in [0, 0.1) is 0 Å². The standard InChI is InChI=1S/C9H15N3O2S/c10-4-2-6-15(13,14)12-8-9-3-1-5-11-7-9/h1,3,5,7,12H,2,4,6,8,10H2. The van der Waals surface area contributed by atoms with Gasteiger partial charge in [-0.15, -0.1) is 0 Å². The van der Waals surface area contributed by atoms with Crippen LogP contribution in [-0.2, 0) is 16.6 Å². The first-order valence-electron chi connectivity index (χ1n) is 4.70. The molecule has 0 aromatic carbocycles. The summed E-state index contributed by atoms with van der Waals surface area (Å²) < 4.78 is 25.2. The maximum Gasteiger partial charge on any atom is 0.211 e. The fourth-order valence-corrected chi connectivity index (χ4v) is 2.12. The Hall–Kier alpha value is -0.980. The van der Waals surface area contributed by atoms with Gasteiger partial charge in [0.05, 0.1) is 5.75 Å². The van der Waals surface area contributed by atoms with Crippen LogP contribution in [0.15, 0.2) is 24.5 Å². The summed E-state index contributed by atoms with van der Waals surface area (Å²) in [5.74, 6) is 0.0732. The normalized spacial score (nSPS) is 11.5. The van der Waals surface area contributed by atoms with Gasteiger partial charge >= 0.3 is 0 Å². The lowest BCUT2D eigenvalue weighted by molar-refractivity contribution is 0.578. The van der Waals surface area contributed by atoms with E-state index in [4.69, 9.17) is 5.73 Å². The molecular formula is C9H15N3O2S. The number of sulfonamides is 1. The maximum atomic E-state index is 11.4. The van der Waals surface area contributed by atoms with Crippen LogP contribution in [0.5, 0.6) is 0 Å². The third kappa shape index (κ3) is 4.87. The average Bonchev–Trinajstić information content (AvgIpc) is 2.25. The minimum atomic E-state index is -3.20. The summed E-state index contributed by atoms with van der Waals surface area (Å²) in [6.45, 7) is 0.661. The number of pyridine rings is 1. The first-order chi connectivity index (χ1) is 7.14. The summed E-state index contributed by atoms with van der Waals surface area (Å²) in [7, 11) is -3.20. The number of nitrogens with two attached hydrogens (primary N) is 1. The number of rotatable bonds is 6. The molecule has 0 bridgehead atoms. The molecule has 5 nitrogen and oxygen atoms in total. The molecule has 84 valence electrons. The number of hydrogen-bond donors (Lipinski definition) is 2. The van der Waals surface area contributed by atoms with Crippen molar-refractivity contribution >= 4 is 10.0 Å². The zero-order chi connectivity index (χ0) is 11.1. The Morgan fingerprint density at radius 2 is 2.27 bits per heavy atom. The van der Waals surface area contributed by atoms with Crippen molar-refractivity contribution in [1.82, 2.24) is 9.71 Å². The molecule has 0 aliphatic heterocycles. The number of aromatic nitrogens is 1. The highest BCUT2D eigenvalue weighted by atomic mass is 32.2. The van der Waals surface area contributed by atoms with Gasteiger partial charge in [0.1, 0.15) is 0 Å². The number of nitrogens with zero attached hydrogens (tertiary/aromatic N) is 1. The maximum absolute atomic E-state index is 11.4. The first-order valence-corrected chi connectivity index (χ1v) is 6.35. The Labute approximate surface area is 89.8 Å². The molecule has 1 aromatic rings. The van der Waals surface area contributed by atoms with E-state index in [1.54, 1.807) is 18.5 Å². The second kappa shape index (κ2) is 5.79. The molecule has 0 radical (unpaired) electrons. The monoisotopic (exact) mass is 229 g/mol. The van der Waals surface area contributed by atoms with Gasteiger partial charge in [0.2, 0.25) is 10.0 Å². The lowest BCUT2D eigenvalue weighted by atomic mass is 10.3. The molecule has 0 aliphatic carbocycles. The second-order valence-corrected chi connectivity index (χ2v) is 5.07.